The van der Waals surface area contributed by atoms with Crippen molar-refractivity contribution >= 4 is 34.2 Å². The van der Waals surface area contributed by atoms with E-state index in [-0.39, 0.29) is 0 Å². The Morgan fingerprint density at radius 3 is 2.82 bits per heavy atom. The van der Waals surface area contributed by atoms with E-state index in [4.69, 9.17) is 21.4 Å². The monoisotopic (exact) mass is 243 g/mol. The molecular formula is C13H9NO2S. The summed E-state index contributed by atoms with van der Waals surface area (Å²) in [5.74, 6) is 0.749. The SMILES string of the molecule is COc1ccc2c(=S)c3ccncc3oc2c1. The van der Waals surface area contributed by atoms with Gasteiger partial charge in [-0.05, 0) is 18.2 Å². The fourth-order valence-electron chi connectivity index (χ4n) is 1.81. The highest BCUT2D eigenvalue weighted by atomic mass is 32.1. The molecule has 4 heteroatoms. The molecule has 0 bridgehead atoms. The van der Waals surface area contributed by atoms with Gasteiger partial charge in [-0.3, -0.25) is 4.98 Å². The summed E-state index contributed by atoms with van der Waals surface area (Å²) < 4.78 is 11.7. The molecule has 0 unspecified atom stereocenters. The zero-order valence-corrected chi connectivity index (χ0v) is 9.95. The molecule has 3 aromatic rings. The maximum absolute atomic E-state index is 5.76. The van der Waals surface area contributed by atoms with Crippen molar-refractivity contribution in [1.82, 2.24) is 4.98 Å². The molecule has 84 valence electrons. The molecule has 0 amide bonds. The molecule has 3 rings (SSSR count). The van der Waals surface area contributed by atoms with Gasteiger partial charge in [0.05, 0.1) is 17.8 Å². The minimum Gasteiger partial charge on any atom is -0.497 e. The zero-order valence-electron chi connectivity index (χ0n) is 9.14. The lowest BCUT2D eigenvalue weighted by molar-refractivity contribution is 0.414. The summed E-state index contributed by atoms with van der Waals surface area (Å²) >= 11 is 5.45. The van der Waals surface area contributed by atoms with E-state index in [0.29, 0.717) is 5.58 Å². The van der Waals surface area contributed by atoms with Crippen LogP contribution < -0.4 is 4.74 Å². The molecule has 0 saturated carbocycles. The second-order valence-electron chi connectivity index (χ2n) is 3.67. The fraction of sp³-hybridized carbons (Fsp3) is 0.0769. The minimum absolute atomic E-state index is 0.693. The van der Waals surface area contributed by atoms with E-state index in [1.807, 2.05) is 24.3 Å². The summed E-state index contributed by atoms with van der Waals surface area (Å²) in [6.07, 6.45) is 3.38. The number of pyridine rings is 1. The summed E-state index contributed by atoms with van der Waals surface area (Å²) in [7, 11) is 1.62. The third-order valence-electron chi connectivity index (χ3n) is 2.68. The topological polar surface area (TPSA) is 35.3 Å². The summed E-state index contributed by atoms with van der Waals surface area (Å²) in [6.45, 7) is 0. The molecule has 0 radical (unpaired) electrons. The third-order valence-corrected chi connectivity index (χ3v) is 3.12. The quantitative estimate of drug-likeness (QED) is 0.482. The van der Waals surface area contributed by atoms with Crippen LogP contribution in [0.15, 0.2) is 41.1 Å². The molecule has 0 saturated heterocycles. The number of hydrogen-bond donors (Lipinski definition) is 0. The normalized spacial score (nSPS) is 10.9. The van der Waals surface area contributed by atoms with Gasteiger partial charge in [-0.25, -0.2) is 0 Å². The standard InChI is InChI=1S/C13H9NO2S/c1-15-8-2-3-9-11(6-8)16-12-7-14-5-4-10(12)13(9)17/h2-7H,1H3. The van der Waals surface area contributed by atoms with Crippen LogP contribution in [0, 0.1) is 4.51 Å². The average molecular weight is 243 g/mol. The van der Waals surface area contributed by atoms with Crippen LogP contribution in [-0.2, 0) is 0 Å². The second kappa shape index (κ2) is 3.82. The summed E-state index contributed by atoms with van der Waals surface area (Å²) in [6, 6.07) is 7.49. The predicted molar refractivity (Wildman–Crippen MR) is 68.9 cm³/mol. The first-order chi connectivity index (χ1) is 8.29. The van der Waals surface area contributed by atoms with Gasteiger partial charge >= 0.3 is 0 Å². The number of fused-ring (bicyclic) bond motifs is 2. The maximum Gasteiger partial charge on any atom is 0.154 e. The molecular weight excluding hydrogens is 234 g/mol. The zero-order chi connectivity index (χ0) is 11.8. The van der Waals surface area contributed by atoms with Crippen molar-refractivity contribution in [3.8, 4) is 5.75 Å². The molecule has 17 heavy (non-hydrogen) atoms. The van der Waals surface area contributed by atoms with E-state index in [1.165, 1.54) is 0 Å². The highest BCUT2D eigenvalue weighted by Gasteiger charge is 2.05. The molecule has 0 aliphatic rings. The van der Waals surface area contributed by atoms with Gasteiger partial charge in [0, 0.05) is 23.0 Å². The lowest BCUT2D eigenvalue weighted by Gasteiger charge is -2.04. The number of aromatic nitrogens is 1. The van der Waals surface area contributed by atoms with Gasteiger partial charge in [-0.1, -0.05) is 12.2 Å². The average Bonchev–Trinajstić information content (AvgIpc) is 2.38. The number of rotatable bonds is 1. The molecule has 0 aliphatic carbocycles. The first-order valence-electron chi connectivity index (χ1n) is 5.14. The van der Waals surface area contributed by atoms with E-state index in [1.54, 1.807) is 19.5 Å². The summed E-state index contributed by atoms with van der Waals surface area (Å²) in [5.41, 5.74) is 1.41. The van der Waals surface area contributed by atoms with Gasteiger partial charge in [0.2, 0.25) is 0 Å². The van der Waals surface area contributed by atoms with Gasteiger partial charge in [0.15, 0.2) is 5.58 Å². The fourth-order valence-corrected chi connectivity index (χ4v) is 2.15. The summed E-state index contributed by atoms with van der Waals surface area (Å²) in [5, 5.41) is 1.83. The first-order valence-corrected chi connectivity index (χ1v) is 5.55. The van der Waals surface area contributed by atoms with Gasteiger partial charge in [0.1, 0.15) is 11.3 Å². The van der Waals surface area contributed by atoms with Crippen LogP contribution >= 0.6 is 12.2 Å². The Kier molecular flexibility index (Phi) is 2.30. The van der Waals surface area contributed by atoms with Crippen LogP contribution in [0.1, 0.15) is 0 Å². The summed E-state index contributed by atoms with van der Waals surface area (Å²) in [4.78, 5) is 4.03. The third kappa shape index (κ3) is 1.57. The molecule has 3 nitrogen and oxygen atoms in total. The van der Waals surface area contributed by atoms with Crippen LogP contribution in [-0.4, -0.2) is 12.1 Å². The highest BCUT2D eigenvalue weighted by molar-refractivity contribution is 7.72. The molecule has 0 spiro atoms. The Bertz CT molecular complexity index is 764. The maximum atomic E-state index is 5.76. The Labute approximate surface area is 103 Å². The van der Waals surface area contributed by atoms with Crippen LogP contribution in [0.3, 0.4) is 0 Å². The Balaban J connectivity index is 2.50. The van der Waals surface area contributed by atoms with Crippen molar-refractivity contribution < 1.29 is 9.15 Å². The van der Waals surface area contributed by atoms with Crippen molar-refractivity contribution in [2.24, 2.45) is 0 Å². The van der Waals surface area contributed by atoms with Crippen LogP contribution in [0.5, 0.6) is 5.75 Å². The van der Waals surface area contributed by atoms with Crippen molar-refractivity contribution in [3.05, 3.63) is 41.2 Å². The van der Waals surface area contributed by atoms with Crippen LogP contribution in [0.2, 0.25) is 0 Å². The van der Waals surface area contributed by atoms with Crippen molar-refractivity contribution in [2.75, 3.05) is 7.11 Å². The lowest BCUT2D eigenvalue weighted by atomic mass is 10.2. The van der Waals surface area contributed by atoms with Gasteiger partial charge in [0.25, 0.3) is 0 Å². The van der Waals surface area contributed by atoms with Gasteiger partial charge in [-0.15, -0.1) is 0 Å². The second-order valence-corrected chi connectivity index (χ2v) is 4.07. The molecule has 0 fully saturated rings. The largest absolute Gasteiger partial charge is 0.497 e. The Morgan fingerprint density at radius 1 is 1.18 bits per heavy atom. The predicted octanol–water partition coefficient (Wildman–Crippen LogP) is 3.72. The van der Waals surface area contributed by atoms with E-state index >= 15 is 0 Å². The Morgan fingerprint density at radius 2 is 2.00 bits per heavy atom. The molecule has 0 aliphatic heterocycles. The smallest absolute Gasteiger partial charge is 0.154 e. The number of ether oxygens (including phenoxy) is 1. The van der Waals surface area contributed by atoms with Crippen molar-refractivity contribution in [3.63, 3.8) is 0 Å². The molecule has 0 atom stereocenters. The van der Waals surface area contributed by atoms with E-state index < -0.39 is 0 Å². The highest BCUT2D eigenvalue weighted by Crippen LogP contribution is 2.27. The number of methoxy groups -OCH3 is 1. The van der Waals surface area contributed by atoms with Gasteiger partial charge in [-0.2, -0.15) is 0 Å². The minimum atomic E-state index is 0.693. The Hall–Kier alpha value is -1.94. The van der Waals surface area contributed by atoms with Crippen LogP contribution in [0.25, 0.3) is 21.9 Å². The van der Waals surface area contributed by atoms with Crippen LogP contribution in [0.4, 0.5) is 0 Å². The molecule has 2 heterocycles. The van der Waals surface area contributed by atoms with E-state index in [2.05, 4.69) is 4.98 Å². The lowest BCUT2D eigenvalue weighted by Crippen LogP contribution is -1.84. The molecule has 0 N–H and O–H groups in total. The van der Waals surface area contributed by atoms with Gasteiger partial charge < -0.3 is 9.15 Å². The van der Waals surface area contributed by atoms with Crippen molar-refractivity contribution in [2.45, 2.75) is 0 Å². The van der Waals surface area contributed by atoms with E-state index in [0.717, 1.165) is 26.6 Å². The van der Waals surface area contributed by atoms with E-state index in [9.17, 15) is 0 Å². The van der Waals surface area contributed by atoms with Crippen molar-refractivity contribution in [1.29, 1.82) is 0 Å². The molecule has 2 aromatic heterocycles. The molecule has 1 aromatic carbocycles. The first kappa shape index (κ1) is 10.2. The number of hydrogen-bond acceptors (Lipinski definition) is 4. The number of nitrogens with zero attached hydrogens (tertiary/aromatic N) is 1. The number of benzene rings is 1.